The molecule has 1 aromatic heterocycles. The Labute approximate surface area is 97.2 Å². The average molecular weight is 266 g/mol. The monoisotopic (exact) mass is 265 g/mol. The van der Waals surface area contributed by atoms with Crippen LogP contribution in [-0.4, -0.2) is 16.8 Å². The SMILES string of the molecule is CNCc1cnn(-c2ccccc2)c1Br. The summed E-state index contributed by atoms with van der Waals surface area (Å²) in [4.78, 5) is 0. The van der Waals surface area contributed by atoms with Crippen molar-refractivity contribution in [1.82, 2.24) is 15.1 Å². The highest BCUT2D eigenvalue weighted by Gasteiger charge is 2.07. The van der Waals surface area contributed by atoms with Crippen LogP contribution in [0.15, 0.2) is 41.1 Å². The Morgan fingerprint density at radius 3 is 2.73 bits per heavy atom. The minimum Gasteiger partial charge on any atom is -0.316 e. The van der Waals surface area contributed by atoms with Gasteiger partial charge in [-0.05, 0) is 35.1 Å². The third-order valence-corrected chi connectivity index (χ3v) is 2.99. The van der Waals surface area contributed by atoms with Crippen LogP contribution >= 0.6 is 15.9 Å². The number of nitrogens with zero attached hydrogens (tertiary/aromatic N) is 2. The van der Waals surface area contributed by atoms with Gasteiger partial charge in [0.2, 0.25) is 0 Å². The van der Waals surface area contributed by atoms with E-state index in [1.54, 1.807) is 0 Å². The number of aromatic nitrogens is 2. The van der Waals surface area contributed by atoms with Crippen molar-refractivity contribution in [2.45, 2.75) is 6.54 Å². The number of hydrogen-bond donors (Lipinski definition) is 1. The van der Waals surface area contributed by atoms with Crippen LogP contribution in [0.5, 0.6) is 0 Å². The second-order valence-electron chi connectivity index (χ2n) is 3.24. The maximum atomic E-state index is 4.33. The number of benzene rings is 1. The predicted molar refractivity (Wildman–Crippen MR) is 64.0 cm³/mol. The standard InChI is InChI=1S/C11H12BrN3/c1-13-7-9-8-14-15(11(9)12)10-5-3-2-4-6-10/h2-6,8,13H,7H2,1H3. The lowest BCUT2D eigenvalue weighted by Crippen LogP contribution is -2.05. The normalized spacial score (nSPS) is 10.5. The first-order chi connectivity index (χ1) is 7.33. The lowest BCUT2D eigenvalue weighted by molar-refractivity contribution is 0.808. The maximum Gasteiger partial charge on any atom is 0.114 e. The van der Waals surface area contributed by atoms with Crippen molar-refractivity contribution in [3.8, 4) is 5.69 Å². The molecule has 1 heterocycles. The zero-order chi connectivity index (χ0) is 10.7. The zero-order valence-corrected chi connectivity index (χ0v) is 10.0. The molecule has 0 aliphatic heterocycles. The van der Waals surface area contributed by atoms with E-state index in [1.165, 1.54) is 0 Å². The second kappa shape index (κ2) is 4.59. The quantitative estimate of drug-likeness (QED) is 0.924. The van der Waals surface area contributed by atoms with Crippen molar-refractivity contribution in [3.05, 3.63) is 46.7 Å². The largest absolute Gasteiger partial charge is 0.316 e. The summed E-state index contributed by atoms with van der Waals surface area (Å²) >= 11 is 3.55. The number of halogens is 1. The first-order valence-electron chi connectivity index (χ1n) is 4.75. The van der Waals surface area contributed by atoms with Crippen LogP contribution in [0.25, 0.3) is 5.69 Å². The van der Waals surface area contributed by atoms with Gasteiger partial charge in [-0.3, -0.25) is 0 Å². The van der Waals surface area contributed by atoms with Crippen LogP contribution in [-0.2, 0) is 6.54 Å². The fourth-order valence-corrected chi connectivity index (χ4v) is 1.96. The molecular weight excluding hydrogens is 254 g/mol. The lowest BCUT2D eigenvalue weighted by Gasteiger charge is -2.03. The molecule has 0 bridgehead atoms. The van der Waals surface area contributed by atoms with Gasteiger partial charge in [-0.15, -0.1) is 0 Å². The van der Waals surface area contributed by atoms with Gasteiger partial charge in [0.15, 0.2) is 0 Å². The Morgan fingerprint density at radius 2 is 2.07 bits per heavy atom. The Kier molecular flexibility index (Phi) is 3.18. The summed E-state index contributed by atoms with van der Waals surface area (Å²) in [7, 11) is 1.92. The molecule has 1 N–H and O–H groups in total. The summed E-state index contributed by atoms with van der Waals surface area (Å²) in [6.45, 7) is 0.813. The molecule has 0 saturated heterocycles. The predicted octanol–water partition coefficient (Wildman–Crippen LogP) is 2.35. The van der Waals surface area contributed by atoms with Crippen LogP contribution in [0.4, 0.5) is 0 Å². The van der Waals surface area contributed by atoms with Gasteiger partial charge in [0, 0.05) is 12.1 Å². The minimum atomic E-state index is 0.813. The first-order valence-corrected chi connectivity index (χ1v) is 5.54. The van der Waals surface area contributed by atoms with Crippen LogP contribution in [0.3, 0.4) is 0 Å². The zero-order valence-electron chi connectivity index (χ0n) is 8.44. The molecule has 0 unspecified atom stereocenters. The van der Waals surface area contributed by atoms with E-state index < -0.39 is 0 Å². The Morgan fingerprint density at radius 1 is 1.33 bits per heavy atom. The number of rotatable bonds is 3. The molecule has 1 aromatic carbocycles. The Hall–Kier alpha value is -1.13. The van der Waals surface area contributed by atoms with Gasteiger partial charge in [0.1, 0.15) is 4.60 Å². The summed E-state index contributed by atoms with van der Waals surface area (Å²) in [5, 5.41) is 7.44. The average Bonchev–Trinajstić information content (AvgIpc) is 2.63. The van der Waals surface area contributed by atoms with E-state index >= 15 is 0 Å². The smallest absolute Gasteiger partial charge is 0.114 e. The van der Waals surface area contributed by atoms with Crippen LogP contribution in [0.2, 0.25) is 0 Å². The molecule has 0 aliphatic rings. The highest BCUT2D eigenvalue weighted by atomic mass is 79.9. The van der Waals surface area contributed by atoms with Crippen molar-refractivity contribution in [3.63, 3.8) is 0 Å². The van der Waals surface area contributed by atoms with Crippen molar-refractivity contribution in [2.24, 2.45) is 0 Å². The van der Waals surface area contributed by atoms with Gasteiger partial charge in [-0.1, -0.05) is 18.2 Å². The molecule has 0 saturated carbocycles. The van der Waals surface area contributed by atoms with Crippen LogP contribution < -0.4 is 5.32 Å². The van der Waals surface area contributed by atoms with Crippen molar-refractivity contribution >= 4 is 15.9 Å². The molecule has 3 nitrogen and oxygen atoms in total. The fraction of sp³-hybridized carbons (Fsp3) is 0.182. The van der Waals surface area contributed by atoms with Crippen molar-refractivity contribution in [1.29, 1.82) is 0 Å². The molecular formula is C11H12BrN3. The summed E-state index contributed by atoms with van der Waals surface area (Å²) in [5.74, 6) is 0. The molecule has 78 valence electrons. The van der Waals surface area contributed by atoms with Gasteiger partial charge >= 0.3 is 0 Å². The molecule has 0 fully saturated rings. The molecule has 0 radical (unpaired) electrons. The molecule has 15 heavy (non-hydrogen) atoms. The molecule has 2 aromatic rings. The van der Waals surface area contributed by atoms with Crippen molar-refractivity contribution < 1.29 is 0 Å². The minimum absolute atomic E-state index is 0.813. The molecule has 2 rings (SSSR count). The highest BCUT2D eigenvalue weighted by Crippen LogP contribution is 2.20. The van der Waals surface area contributed by atoms with Gasteiger partial charge in [0.05, 0.1) is 11.9 Å². The topological polar surface area (TPSA) is 29.9 Å². The molecule has 0 aliphatic carbocycles. The maximum absolute atomic E-state index is 4.33. The number of nitrogens with one attached hydrogen (secondary N) is 1. The summed E-state index contributed by atoms with van der Waals surface area (Å²) in [6, 6.07) is 10.1. The molecule has 0 amide bonds. The third-order valence-electron chi connectivity index (χ3n) is 2.15. The van der Waals surface area contributed by atoms with E-state index in [-0.39, 0.29) is 0 Å². The lowest BCUT2D eigenvalue weighted by atomic mass is 10.3. The number of para-hydroxylation sites is 1. The summed E-state index contributed by atoms with van der Waals surface area (Å²) < 4.78 is 2.88. The third kappa shape index (κ3) is 2.11. The van der Waals surface area contributed by atoms with E-state index in [9.17, 15) is 0 Å². The van der Waals surface area contributed by atoms with Gasteiger partial charge in [-0.2, -0.15) is 5.10 Å². The van der Waals surface area contributed by atoms with Crippen molar-refractivity contribution in [2.75, 3.05) is 7.05 Å². The first kappa shape index (κ1) is 10.4. The number of hydrogen-bond acceptors (Lipinski definition) is 2. The molecule has 0 spiro atoms. The van der Waals surface area contributed by atoms with Crippen LogP contribution in [0, 0.1) is 0 Å². The fourth-order valence-electron chi connectivity index (χ4n) is 1.43. The van der Waals surface area contributed by atoms with E-state index in [1.807, 2.05) is 48.3 Å². The summed E-state index contributed by atoms with van der Waals surface area (Å²) in [6.07, 6.45) is 1.87. The highest BCUT2D eigenvalue weighted by molar-refractivity contribution is 9.10. The molecule has 0 atom stereocenters. The van der Waals surface area contributed by atoms with E-state index in [4.69, 9.17) is 0 Å². The van der Waals surface area contributed by atoms with Gasteiger partial charge in [-0.25, -0.2) is 4.68 Å². The van der Waals surface area contributed by atoms with E-state index in [0.717, 1.165) is 22.4 Å². The molecule has 4 heteroatoms. The van der Waals surface area contributed by atoms with E-state index in [0.29, 0.717) is 0 Å². The summed E-state index contributed by atoms with van der Waals surface area (Å²) in [5.41, 5.74) is 2.22. The van der Waals surface area contributed by atoms with Gasteiger partial charge in [0.25, 0.3) is 0 Å². The van der Waals surface area contributed by atoms with Crippen LogP contribution in [0.1, 0.15) is 5.56 Å². The Bertz CT molecular complexity index is 436. The second-order valence-corrected chi connectivity index (χ2v) is 3.99. The van der Waals surface area contributed by atoms with Gasteiger partial charge < -0.3 is 5.32 Å². The Balaban J connectivity index is 2.38. The van der Waals surface area contributed by atoms with E-state index in [2.05, 4.69) is 26.3 Å².